The van der Waals surface area contributed by atoms with Crippen LogP contribution >= 0.6 is 28.3 Å². The van der Waals surface area contributed by atoms with Gasteiger partial charge >= 0.3 is 0 Å². The van der Waals surface area contributed by atoms with Crippen molar-refractivity contribution in [3.05, 3.63) is 38.3 Å². The first kappa shape index (κ1) is 15.3. The first-order valence-electron chi connectivity index (χ1n) is 4.36. The van der Waals surface area contributed by atoms with Crippen LogP contribution in [-0.4, -0.2) is 16.6 Å². The van der Waals surface area contributed by atoms with E-state index in [0.717, 1.165) is 0 Å². The van der Waals surface area contributed by atoms with Crippen LogP contribution in [-0.2, 0) is 0 Å². The van der Waals surface area contributed by atoms with Gasteiger partial charge in [-0.25, -0.2) is 0 Å². The van der Waals surface area contributed by atoms with Crippen LogP contribution in [0.15, 0.2) is 22.7 Å². The summed E-state index contributed by atoms with van der Waals surface area (Å²) in [6, 6.07) is 4.34. The van der Waals surface area contributed by atoms with Crippen molar-refractivity contribution in [1.29, 1.82) is 0 Å². The minimum Gasteiger partial charge on any atom is -0.396 e. The number of rotatable bonds is 4. The van der Waals surface area contributed by atoms with E-state index < -0.39 is 4.92 Å². The van der Waals surface area contributed by atoms with E-state index in [1.54, 1.807) is 12.1 Å². The number of hydrogen-bond donors (Lipinski definition) is 2. The number of benzene rings is 1. The van der Waals surface area contributed by atoms with Gasteiger partial charge in [-0.3, -0.25) is 10.1 Å². The molecule has 0 aliphatic carbocycles. The molecule has 0 saturated heterocycles. The Bertz CT molecular complexity index is 376. The van der Waals surface area contributed by atoms with Crippen LogP contribution < -0.4 is 5.73 Å². The Balaban J connectivity index is 0.00000225. The lowest BCUT2D eigenvalue weighted by molar-refractivity contribution is -0.385. The average molecular weight is 312 g/mol. The number of nitro groups is 1. The maximum atomic E-state index is 10.6. The number of aliphatic hydroxyl groups is 1. The van der Waals surface area contributed by atoms with Crippen LogP contribution in [0.3, 0.4) is 0 Å². The van der Waals surface area contributed by atoms with E-state index in [2.05, 4.69) is 15.9 Å². The summed E-state index contributed by atoms with van der Waals surface area (Å²) in [7, 11) is 0. The largest absolute Gasteiger partial charge is 0.396 e. The lowest BCUT2D eigenvalue weighted by atomic mass is 10.0. The molecule has 0 unspecified atom stereocenters. The molecule has 0 amide bonds. The molecule has 0 fully saturated rings. The van der Waals surface area contributed by atoms with Gasteiger partial charge in [0, 0.05) is 18.7 Å². The van der Waals surface area contributed by atoms with E-state index in [0.29, 0.717) is 16.5 Å². The van der Waals surface area contributed by atoms with Crippen LogP contribution in [0.4, 0.5) is 5.69 Å². The first-order valence-corrected chi connectivity index (χ1v) is 5.16. The first-order chi connectivity index (χ1) is 7.06. The summed E-state index contributed by atoms with van der Waals surface area (Å²) in [5.74, 6) is 0. The molecule has 1 aromatic rings. The second kappa shape index (κ2) is 6.80. The van der Waals surface area contributed by atoms with Gasteiger partial charge in [0.25, 0.3) is 5.69 Å². The highest BCUT2D eigenvalue weighted by molar-refractivity contribution is 9.10. The van der Waals surface area contributed by atoms with Crippen LogP contribution in [0, 0.1) is 10.1 Å². The van der Waals surface area contributed by atoms with Crippen LogP contribution in [0.1, 0.15) is 18.0 Å². The van der Waals surface area contributed by atoms with Gasteiger partial charge in [-0.15, -0.1) is 12.4 Å². The summed E-state index contributed by atoms with van der Waals surface area (Å²) >= 11 is 3.09. The molecule has 1 rings (SSSR count). The summed E-state index contributed by atoms with van der Waals surface area (Å²) < 4.78 is 0.424. The predicted molar refractivity (Wildman–Crippen MR) is 66.7 cm³/mol. The zero-order valence-electron chi connectivity index (χ0n) is 8.30. The van der Waals surface area contributed by atoms with Crippen molar-refractivity contribution in [2.24, 2.45) is 5.73 Å². The molecule has 0 aliphatic heterocycles. The van der Waals surface area contributed by atoms with Crippen LogP contribution in [0.25, 0.3) is 0 Å². The lowest BCUT2D eigenvalue weighted by Crippen LogP contribution is -2.12. The van der Waals surface area contributed by atoms with Gasteiger partial charge in [0.05, 0.1) is 9.40 Å². The zero-order valence-corrected chi connectivity index (χ0v) is 10.7. The molecule has 0 aliphatic rings. The maximum absolute atomic E-state index is 10.6. The minimum atomic E-state index is -0.473. The Morgan fingerprint density at radius 1 is 1.56 bits per heavy atom. The molecule has 0 bridgehead atoms. The van der Waals surface area contributed by atoms with E-state index in [1.807, 2.05) is 0 Å². The van der Waals surface area contributed by atoms with Crippen molar-refractivity contribution in [3.63, 3.8) is 0 Å². The van der Waals surface area contributed by atoms with Gasteiger partial charge in [0.15, 0.2) is 0 Å². The van der Waals surface area contributed by atoms with Crippen LogP contribution in [0.5, 0.6) is 0 Å². The highest BCUT2D eigenvalue weighted by atomic mass is 79.9. The van der Waals surface area contributed by atoms with E-state index in [1.165, 1.54) is 6.07 Å². The minimum absolute atomic E-state index is 0. The molecule has 90 valence electrons. The monoisotopic (exact) mass is 310 g/mol. The second-order valence-electron chi connectivity index (χ2n) is 3.09. The van der Waals surface area contributed by atoms with Crippen molar-refractivity contribution in [3.8, 4) is 0 Å². The average Bonchev–Trinajstić information content (AvgIpc) is 2.18. The molecule has 1 aromatic carbocycles. The molecular weight excluding hydrogens is 299 g/mol. The molecule has 0 spiro atoms. The molecule has 0 radical (unpaired) electrons. The standard InChI is InChI=1S/C9H11BrN2O3.ClH/c10-7-2-1-6(8(11)3-4-13)5-9(7)12(14)15;/h1-2,5,8,13H,3-4,11H2;1H/t8-;/m1./s1. The molecule has 0 heterocycles. The highest BCUT2D eigenvalue weighted by Gasteiger charge is 2.15. The third-order valence-corrected chi connectivity index (χ3v) is 2.71. The molecule has 1 atom stereocenters. The smallest absolute Gasteiger partial charge is 0.283 e. The Hall–Kier alpha value is -0.690. The fourth-order valence-corrected chi connectivity index (χ4v) is 1.60. The Morgan fingerprint density at radius 2 is 2.19 bits per heavy atom. The second-order valence-corrected chi connectivity index (χ2v) is 3.94. The van der Waals surface area contributed by atoms with Crippen molar-refractivity contribution in [1.82, 2.24) is 0 Å². The van der Waals surface area contributed by atoms with Gasteiger partial charge in [-0.2, -0.15) is 0 Å². The zero-order chi connectivity index (χ0) is 11.4. The molecular formula is C9H12BrClN2O3. The SMILES string of the molecule is Cl.N[C@H](CCO)c1ccc(Br)c([N+](=O)[O-])c1. The van der Waals surface area contributed by atoms with Gasteiger partial charge in [0.2, 0.25) is 0 Å². The topological polar surface area (TPSA) is 89.4 Å². The van der Waals surface area contributed by atoms with E-state index in [4.69, 9.17) is 10.8 Å². The molecule has 7 heteroatoms. The number of nitrogens with zero attached hydrogens (tertiary/aromatic N) is 1. The van der Waals surface area contributed by atoms with Gasteiger partial charge < -0.3 is 10.8 Å². The predicted octanol–water partition coefficient (Wildman–Crippen LogP) is 2.16. The van der Waals surface area contributed by atoms with Crippen molar-refractivity contribution < 1.29 is 10.0 Å². The maximum Gasteiger partial charge on any atom is 0.283 e. The summed E-state index contributed by atoms with van der Waals surface area (Å²) in [6.45, 7) is -0.0367. The number of nitro benzene ring substituents is 1. The van der Waals surface area contributed by atoms with Gasteiger partial charge in [-0.1, -0.05) is 6.07 Å². The summed E-state index contributed by atoms with van der Waals surface area (Å²) in [5.41, 5.74) is 6.37. The fraction of sp³-hybridized carbons (Fsp3) is 0.333. The van der Waals surface area contributed by atoms with E-state index in [9.17, 15) is 10.1 Å². The third-order valence-electron chi connectivity index (χ3n) is 2.04. The number of aliphatic hydroxyl groups excluding tert-OH is 1. The fourth-order valence-electron chi connectivity index (χ4n) is 1.21. The number of halogens is 2. The lowest BCUT2D eigenvalue weighted by Gasteiger charge is -2.10. The van der Waals surface area contributed by atoms with Gasteiger partial charge in [-0.05, 0) is 34.0 Å². The van der Waals surface area contributed by atoms with E-state index in [-0.39, 0.29) is 30.7 Å². The number of nitrogens with two attached hydrogens (primary N) is 1. The summed E-state index contributed by atoms with van der Waals surface area (Å²) in [6.07, 6.45) is 0.388. The molecule has 0 saturated carbocycles. The number of hydrogen-bond acceptors (Lipinski definition) is 4. The quantitative estimate of drug-likeness (QED) is 0.658. The highest BCUT2D eigenvalue weighted by Crippen LogP contribution is 2.28. The van der Waals surface area contributed by atoms with E-state index >= 15 is 0 Å². The normalized spacial score (nSPS) is 11.7. The van der Waals surface area contributed by atoms with Gasteiger partial charge in [0.1, 0.15) is 0 Å². The van der Waals surface area contributed by atoms with Crippen LogP contribution in [0.2, 0.25) is 0 Å². The molecule has 5 nitrogen and oxygen atoms in total. The Kier molecular flexibility index (Phi) is 6.51. The third kappa shape index (κ3) is 3.71. The van der Waals surface area contributed by atoms with Crippen molar-refractivity contribution in [2.45, 2.75) is 12.5 Å². The Morgan fingerprint density at radius 3 is 2.69 bits per heavy atom. The van der Waals surface area contributed by atoms with Crippen molar-refractivity contribution >= 4 is 34.0 Å². The van der Waals surface area contributed by atoms with Crippen molar-refractivity contribution in [2.75, 3.05) is 6.61 Å². The molecule has 16 heavy (non-hydrogen) atoms. The summed E-state index contributed by atoms with van der Waals surface area (Å²) in [5, 5.41) is 19.3. The molecule has 0 aromatic heterocycles. The summed E-state index contributed by atoms with van der Waals surface area (Å²) in [4.78, 5) is 10.2. The molecule has 3 N–H and O–H groups in total. The Labute approximate surface area is 107 Å².